The van der Waals surface area contributed by atoms with Crippen LogP contribution >= 0.6 is 0 Å². The summed E-state index contributed by atoms with van der Waals surface area (Å²) in [5.74, 6) is 0.514. The van der Waals surface area contributed by atoms with Gasteiger partial charge in [0.15, 0.2) is 0 Å². The van der Waals surface area contributed by atoms with Gasteiger partial charge >= 0.3 is 0 Å². The van der Waals surface area contributed by atoms with Crippen molar-refractivity contribution in [2.45, 2.75) is 50.6 Å². The number of benzene rings is 1. The van der Waals surface area contributed by atoms with Crippen molar-refractivity contribution in [3.05, 3.63) is 53.7 Å². The molecule has 0 unspecified atom stereocenters. The Hall–Kier alpha value is -2.89. The summed E-state index contributed by atoms with van der Waals surface area (Å²) in [5, 5.41) is 10.2. The Kier molecular flexibility index (Phi) is 5.05. The Morgan fingerprint density at radius 1 is 1.04 bits per heavy atom. The molecule has 0 radical (unpaired) electrons. The summed E-state index contributed by atoms with van der Waals surface area (Å²) in [6, 6.07) is 9.81. The molecular weight excluding hydrogens is 340 g/mol. The second kappa shape index (κ2) is 7.78. The smallest absolute Gasteiger partial charge is 0.251 e. The molecule has 2 N–H and O–H groups in total. The molecule has 2 amide bonds. The first-order chi connectivity index (χ1) is 13.2. The Morgan fingerprint density at radius 3 is 2.48 bits per heavy atom. The fourth-order valence-electron chi connectivity index (χ4n) is 3.43. The van der Waals surface area contributed by atoms with Gasteiger partial charge in [-0.2, -0.15) is 5.10 Å². The highest BCUT2D eigenvalue weighted by Crippen LogP contribution is 2.31. The van der Waals surface area contributed by atoms with Crippen LogP contribution in [0.4, 0.5) is 5.82 Å². The number of aromatic nitrogens is 2. The molecular formula is C21H24N4O2. The van der Waals surface area contributed by atoms with Crippen LogP contribution in [0.3, 0.4) is 0 Å². The molecule has 0 saturated heterocycles. The Morgan fingerprint density at radius 2 is 1.78 bits per heavy atom. The van der Waals surface area contributed by atoms with Gasteiger partial charge in [-0.1, -0.05) is 25.0 Å². The molecule has 2 saturated carbocycles. The van der Waals surface area contributed by atoms with Crippen LogP contribution in [0, 0.1) is 0 Å². The average molecular weight is 364 g/mol. The third-order valence-corrected chi connectivity index (χ3v) is 5.10. The van der Waals surface area contributed by atoms with E-state index in [0.717, 1.165) is 37.1 Å². The molecule has 4 rings (SSSR count). The lowest BCUT2D eigenvalue weighted by Crippen LogP contribution is -2.25. The number of nitrogens with zero attached hydrogens (tertiary/aromatic N) is 2. The van der Waals surface area contributed by atoms with Gasteiger partial charge in [0.05, 0.1) is 12.2 Å². The van der Waals surface area contributed by atoms with Crippen LogP contribution in [-0.2, 0) is 4.79 Å². The van der Waals surface area contributed by atoms with Crippen molar-refractivity contribution >= 4 is 23.7 Å². The van der Waals surface area contributed by atoms with E-state index in [1.165, 1.54) is 18.9 Å². The Bertz CT molecular complexity index is 843. The third-order valence-electron chi connectivity index (χ3n) is 5.10. The number of hydrogen-bond donors (Lipinski definition) is 2. The SMILES string of the molecule is O=C(/C=C/c1ccc(C(=O)NC2CC2)cc1)Nc1ccnn1C1CCCC1. The van der Waals surface area contributed by atoms with E-state index in [-0.39, 0.29) is 11.8 Å². The zero-order valence-electron chi connectivity index (χ0n) is 15.2. The van der Waals surface area contributed by atoms with E-state index in [1.807, 2.05) is 22.9 Å². The topological polar surface area (TPSA) is 76.0 Å². The second-order valence-electron chi connectivity index (χ2n) is 7.29. The number of nitrogens with one attached hydrogen (secondary N) is 2. The van der Waals surface area contributed by atoms with Crippen LogP contribution in [0.25, 0.3) is 6.08 Å². The summed E-state index contributed by atoms with van der Waals surface area (Å²) >= 11 is 0. The molecule has 27 heavy (non-hydrogen) atoms. The van der Waals surface area contributed by atoms with E-state index in [4.69, 9.17) is 0 Å². The van der Waals surface area contributed by atoms with Crippen molar-refractivity contribution in [1.29, 1.82) is 0 Å². The fraction of sp³-hybridized carbons (Fsp3) is 0.381. The minimum Gasteiger partial charge on any atom is -0.349 e. The van der Waals surface area contributed by atoms with E-state index in [2.05, 4.69) is 15.7 Å². The fourth-order valence-corrected chi connectivity index (χ4v) is 3.43. The van der Waals surface area contributed by atoms with Crippen LogP contribution in [0.1, 0.15) is 60.5 Å². The van der Waals surface area contributed by atoms with Crippen molar-refractivity contribution in [2.75, 3.05) is 5.32 Å². The van der Waals surface area contributed by atoms with Gasteiger partial charge in [-0.25, -0.2) is 4.68 Å². The maximum Gasteiger partial charge on any atom is 0.251 e. The average Bonchev–Trinajstić information content (AvgIpc) is 3.13. The van der Waals surface area contributed by atoms with Gasteiger partial charge in [0.2, 0.25) is 5.91 Å². The van der Waals surface area contributed by atoms with Crippen molar-refractivity contribution < 1.29 is 9.59 Å². The van der Waals surface area contributed by atoms with Crippen LogP contribution in [0.5, 0.6) is 0 Å². The lowest BCUT2D eigenvalue weighted by Gasteiger charge is -2.13. The van der Waals surface area contributed by atoms with Crippen molar-refractivity contribution in [1.82, 2.24) is 15.1 Å². The molecule has 0 aliphatic heterocycles. The predicted molar refractivity (Wildman–Crippen MR) is 104 cm³/mol. The quantitative estimate of drug-likeness (QED) is 0.770. The van der Waals surface area contributed by atoms with Crippen LogP contribution < -0.4 is 10.6 Å². The lowest BCUT2D eigenvalue weighted by atomic mass is 10.1. The molecule has 2 aliphatic carbocycles. The van der Waals surface area contributed by atoms with E-state index >= 15 is 0 Å². The lowest BCUT2D eigenvalue weighted by molar-refractivity contribution is -0.111. The molecule has 0 spiro atoms. The van der Waals surface area contributed by atoms with Crippen LogP contribution in [0.2, 0.25) is 0 Å². The Balaban J connectivity index is 1.34. The summed E-state index contributed by atoms with van der Waals surface area (Å²) < 4.78 is 1.92. The molecule has 6 heteroatoms. The largest absolute Gasteiger partial charge is 0.349 e. The monoisotopic (exact) mass is 364 g/mol. The van der Waals surface area contributed by atoms with Gasteiger partial charge in [-0.05, 0) is 49.5 Å². The summed E-state index contributed by atoms with van der Waals surface area (Å²) in [5.41, 5.74) is 1.52. The number of carbonyl (C=O) groups is 2. The number of carbonyl (C=O) groups excluding carboxylic acids is 2. The molecule has 1 heterocycles. The standard InChI is InChI=1S/C21H24N4O2/c26-20(24-19-13-14-22-25(19)18-3-1-2-4-18)12-7-15-5-8-16(9-6-15)21(27)23-17-10-11-17/h5-9,12-14,17-18H,1-4,10-11H2,(H,23,27)(H,24,26)/b12-7+. The van der Waals surface area contributed by atoms with E-state index < -0.39 is 0 Å². The van der Waals surface area contributed by atoms with E-state index in [0.29, 0.717) is 17.6 Å². The van der Waals surface area contributed by atoms with Crippen molar-refractivity contribution in [3.8, 4) is 0 Å². The first kappa shape index (κ1) is 17.5. The molecule has 140 valence electrons. The van der Waals surface area contributed by atoms with Crippen molar-refractivity contribution in [2.24, 2.45) is 0 Å². The minimum absolute atomic E-state index is 0.0362. The summed E-state index contributed by atoms with van der Waals surface area (Å²) in [6.07, 6.45) is 11.8. The van der Waals surface area contributed by atoms with Crippen molar-refractivity contribution in [3.63, 3.8) is 0 Å². The molecule has 1 aromatic carbocycles. The maximum absolute atomic E-state index is 12.3. The number of anilines is 1. The van der Waals surface area contributed by atoms with E-state index in [9.17, 15) is 9.59 Å². The Labute approximate surface area is 158 Å². The van der Waals surface area contributed by atoms with Gasteiger partial charge in [0.25, 0.3) is 5.91 Å². The summed E-state index contributed by atoms with van der Waals surface area (Å²) in [7, 11) is 0. The molecule has 2 aromatic rings. The molecule has 2 aliphatic rings. The second-order valence-corrected chi connectivity index (χ2v) is 7.29. The van der Waals surface area contributed by atoms with Crippen LogP contribution in [-0.4, -0.2) is 27.6 Å². The maximum atomic E-state index is 12.3. The number of hydrogen-bond acceptors (Lipinski definition) is 3. The predicted octanol–water partition coefficient (Wildman–Crippen LogP) is 3.54. The number of amides is 2. The highest BCUT2D eigenvalue weighted by Gasteiger charge is 2.23. The van der Waals surface area contributed by atoms with Gasteiger partial charge in [0.1, 0.15) is 5.82 Å². The van der Waals surface area contributed by atoms with Gasteiger partial charge < -0.3 is 10.6 Å². The number of rotatable bonds is 6. The van der Waals surface area contributed by atoms with Crippen LogP contribution in [0.15, 0.2) is 42.6 Å². The highest BCUT2D eigenvalue weighted by atomic mass is 16.2. The van der Waals surface area contributed by atoms with Gasteiger partial charge in [-0.3, -0.25) is 9.59 Å². The molecule has 0 bridgehead atoms. The molecule has 0 atom stereocenters. The minimum atomic E-state index is -0.190. The third kappa shape index (κ3) is 4.45. The summed E-state index contributed by atoms with van der Waals surface area (Å²) in [4.78, 5) is 24.2. The highest BCUT2D eigenvalue weighted by molar-refractivity contribution is 6.01. The zero-order valence-corrected chi connectivity index (χ0v) is 15.2. The zero-order chi connectivity index (χ0) is 18.6. The molecule has 2 fully saturated rings. The summed E-state index contributed by atoms with van der Waals surface area (Å²) in [6.45, 7) is 0. The normalized spacial score (nSPS) is 17.3. The van der Waals surface area contributed by atoms with Gasteiger partial charge in [0, 0.05) is 23.7 Å². The first-order valence-electron chi connectivity index (χ1n) is 9.62. The molecule has 1 aromatic heterocycles. The first-order valence-corrected chi connectivity index (χ1v) is 9.62. The van der Waals surface area contributed by atoms with Gasteiger partial charge in [-0.15, -0.1) is 0 Å². The molecule has 6 nitrogen and oxygen atoms in total. The van der Waals surface area contributed by atoms with E-state index in [1.54, 1.807) is 24.4 Å².